The van der Waals surface area contributed by atoms with Crippen LogP contribution in [0, 0.1) is 22.0 Å². The molecule has 1 aliphatic carbocycles. The Morgan fingerprint density at radius 2 is 1.67 bits per heavy atom. The van der Waals surface area contributed by atoms with Crippen molar-refractivity contribution in [2.45, 2.75) is 19.8 Å². The molecule has 11 heteroatoms. The number of nitrogens with one attached hydrogen (secondary N) is 1. The lowest BCUT2D eigenvalue weighted by Gasteiger charge is -2.19. The van der Waals surface area contributed by atoms with E-state index in [1.54, 1.807) is 24.3 Å². The number of ketones is 1. The zero-order valence-corrected chi connectivity index (χ0v) is 22.4. The molecule has 1 saturated heterocycles. The summed E-state index contributed by atoms with van der Waals surface area (Å²) in [5.74, 6) is -3.63. The van der Waals surface area contributed by atoms with E-state index >= 15 is 0 Å². The third-order valence-electron chi connectivity index (χ3n) is 7.28. The van der Waals surface area contributed by atoms with Crippen molar-refractivity contribution < 1.29 is 33.6 Å². The summed E-state index contributed by atoms with van der Waals surface area (Å²) in [5, 5.41) is 13.6. The lowest BCUT2D eigenvalue weighted by atomic mass is 9.82. The number of esters is 1. The Hall–Kier alpha value is -5.45. The topological polar surface area (TPSA) is 153 Å². The summed E-state index contributed by atoms with van der Waals surface area (Å²) in [6.45, 7) is 1.29. The maximum atomic E-state index is 13.3. The fraction of sp³-hybridized carbons (Fsp3) is 0.194. The molecule has 2 aliphatic rings. The third-order valence-corrected chi connectivity index (χ3v) is 7.28. The van der Waals surface area contributed by atoms with Crippen molar-refractivity contribution in [1.29, 1.82) is 0 Å². The molecule has 0 radical (unpaired) electrons. The van der Waals surface area contributed by atoms with E-state index in [1.165, 1.54) is 42.5 Å². The minimum Gasteiger partial charge on any atom is -0.454 e. The van der Waals surface area contributed by atoms with E-state index in [0.717, 1.165) is 16.5 Å². The Labute approximate surface area is 239 Å². The van der Waals surface area contributed by atoms with Crippen molar-refractivity contribution in [3.63, 3.8) is 0 Å². The van der Waals surface area contributed by atoms with Crippen molar-refractivity contribution in [3.05, 3.63) is 111 Å². The number of rotatable bonds is 8. The minimum absolute atomic E-state index is 0.0253. The molecule has 1 fully saturated rings. The van der Waals surface area contributed by atoms with E-state index in [0.29, 0.717) is 12.8 Å². The molecule has 5 rings (SSSR count). The third kappa shape index (κ3) is 5.57. The molecule has 1 aliphatic heterocycles. The van der Waals surface area contributed by atoms with Crippen LogP contribution in [-0.4, -0.2) is 41.0 Å². The van der Waals surface area contributed by atoms with Crippen LogP contribution in [0.25, 0.3) is 0 Å². The van der Waals surface area contributed by atoms with E-state index in [-0.39, 0.29) is 45.6 Å². The number of fused-ring (bicyclic) bond motifs is 1. The lowest BCUT2D eigenvalue weighted by Crippen LogP contribution is -2.33. The van der Waals surface area contributed by atoms with Crippen LogP contribution in [0.5, 0.6) is 0 Å². The standard InChI is InChI=1S/C31H25N3O8/c1-18-12-13-23-25(14-18)30(38)33(29(23)37)26-11-3-2-10-24(26)28(36)32-21-8-4-7-20(15-21)31(39)42-17-27(35)19-6-5-9-22(16-19)34(40)41/h2-12,15-16,23,25H,13-14,17H2,1H3,(H,32,36)/t23-,25+/m1/s1. The summed E-state index contributed by atoms with van der Waals surface area (Å²) >= 11 is 0. The van der Waals surface area contributed by atoms with Crippen molar-refractivity contribution in [1.82, 2.24) is 0 Å². The van der Waals surface area contributed by atoms with Gasteiger partial charge < -0.3 is 10.1 Å². The Bertz CT molecular complexity index is 1680. The minimum atomic E-state index is -0.843. The van der Waals surface area contributed by atoms with Gasteiger partial charge in [0.1, 0.15) is 0 Å². The maximum Gasteiger partial charge on any atom is 0.338 e. The van der Waals surface area contributed by atoms with Crippen molar-refractivity contribution >= 4 is 46.5 Å². The summed E-state index contributed by atoms with van der Waals surface area (Å²) in [6, 6.07) is 17.2. The SMILES string of the molecule is CC1=CC[C@H]2C(=O)N(c3ccccc3C(=O)Nc3cccc(C(=O)OCC(=O)c4cccc([N+](=O)[O-])c4)c3)C(=O)[C@H]2C1. The molecule has 212 valence electrons. The number of ether oxygens (including phenoxy) is 1. The van der Waals surface area contributed by atoms with Gasteiger partial charge in [0.05, 0.1) is 33.6 Å². The van der Waals surface area contributed by atoms with Gasteiger partial charge in [-0.15, -0.1) is 0 Å². The number of nitrogens with zero attached hydrogens (tertiary/aromatic N) is 2. The Kier molecular flexibility index (Phi) is 7.74. The van der Waals surface area contributed by atoms with Crippen LogP contribution >= 0.6 is 0 Å². The van der Waals surface area contributed by atoms with Crippen LogP contribution in [0.1, 0.15) is 50.8 Å². The van der Waals surface area contributed by atoms with Gasteiger partial charge in [0.25, 0.3) is 11.6 Å². The second kappa shape index (κ2) is 11.6. The smallest absolute Gasteiger partial charge is 0.338 e. The van der Waals surface area contributed by atoms with Crippen LogP contribution in [-0.2, 0) is 14.3 Å². The second-order valence-corrected chi connectivity index (χ2v) is 10.1. The predicted molar refractivity (Wildman–Crippen MR) is 151 cm³/mol. The summed E-state index contributed by atoms with van der Waals surface area (Å²) in [7, 11) is 0. The molecule has 42 heavy (non-hydrogen) atoms. The number of para-hydroxylation sites is 1. The molecule has 0 saturated carbocycles. The first-order valence-electron chi connectivity index (χ1n) is 13.1. The van der Waals surface area contributed by atoms with E-state index in [2.05, 4.69) is 5.32 Å². The normalized spacial score (nSPS) is 17.7. The van der Waals surface area contributed by atoms with Gasteiger partial charge in [0.2, 0.25) is 17.6 Å². The van der Waals surface area contributed by atoms with E-state index in [4.69, 9.17) is 4.74 Å². The average Bonchev–Trinajstić information content (AvgIpc) is 3.24. The first-order chi connectivity index (χ1) is 20.1. The number of non-ortho nitro benzene ring substituents is 1. The number of nitro groups is 1. The number of nitro benzene ring substituents is 1. The molecule has 3 aromatic carbocycles. The molecule has 0 aromatic heterocycles. The molecular weight excluding hydrogens is 542 g/mol. The molecule has 3 aromatic rings. The molecular formula is C31H25N3O8. The molecule has 1 heterocycles. The molecule has 0 spiro atoms. The summed E-state index contributed by atoms with van der Waals surface area (Å²) in [4.78, 5) is 76.2. The van der Waals surface area contributed by atoms with Crippen molar-refractivity contribution in [3.8, 4) is 0 Å². The number of amides is 3. The molecule has 0 bridgehead atoms. The Balaban J connectivity index is 1.28. The number of carbonyl (C=O) groups excluding carboxylic acids is 5. The van der Waals surface area contributed by atoms with E-state index in [1.807, 2.05) is 13.0 Å². The van der Waals surface area contributed by atoms with E-state index < -0.39 is 41.0 Å². The Morgan fingerprint density at radius 3 is 2.45 bits per heavy atom. The largest absolute Gasteiger partial charge is 0.454 e. The number of carbonyl (C=O) groups is 5. The highest BCUT2D eigenvalue weighted by molar-refractivity contribution is 6.25. The van der Waals surface area contributed by atoms with Gasteiger partial charge in [-0.3, -0.25) is 29.3 Å². The number of benzene rings is 3. The number of Topliss-reactive ketones (excluding diaryl/α,β-unsaturated/α-hetero) is 1. The highest BCUT2D eigenvalue weighted by Crippen LogP contribution is 2.40. The van der Waals surface area contributed by atoms with E-state index in [9.17, 15) is 34.1 Å². The van der Waals surface area contributed by atoms with Crippen LogP contribution in [0.2, 0.25) is 0 Å². The zero-order chi connectivity index (χ0) is 30.0. The van der Waals surface area contributed by atoms with Crippen LogP contribution in [0.3, 0.4) is 0 Å². The van der Waals surface area contributed by atoms with Gasteiger partial charge in [-0.2, -0.15) is 0 Å². The maximum absolute atomic E-state index is 13.3. The molecule has 3 amide bonds. The number of hydrogen-bond acceptors (Lipinski definition) is 8. The first-order valence-corrected chi connectivity index (χ1v) is 13.1. The van der Waals surface area contributed by atoms with Gasteiger partial charge in [-0.05, 0) is 50.1 Å². The number of hydrogen-bond donors (Lipinski definition) is 1. The van der Waals surface area contributed by atoms with Crippen LogP contribution in [0.4, 0.5) is 17.1 Å². The van der Waals surface area contributed by atoms with Crippen LogP contribution < -0.4 is 10.2 Å². The van der Waals surface area contributed by atoms with Gasteiger partial charge >= 0.3 is 5.97 Å². The van der Waals surface area contributed by atoms with Gasteiger partial charge in [0, 0.05) is 23.4 Å². The molecule has 0 unspecified atom stereocenters. The molecule has 1 N–H and O–H groups in total. The van der Waals surface area contributed by atoms with Crippen molar-refractivity contribution in [2.24, 2.45) is 11.8 Å². The average molecular weight is 568 g/mol. The monoisotopic (exact) mass is 567 g/mol. The number of anilines is 2. The quantitative estimate of drug-likeness (QED) is 0.102. The highest BCUT2D eigenvalue weighted by atomic mass is 16.6. The second-order valence-electron chi connectivity index (χ2n) is 10.1. The van der Waals surface area contributed by atoms with Crippen LogP contribution in [0.15, 0.2) is 84.4 Å². The zero-order valence-electron chi connectivity index (χ0n) is 22.4. The van der Waals surface area contributed by atoms with Gasteiger partial charge in [0.15, 0.2) is 6.61 Å². The van der Waals surface area contributed by atoms with Gasteiger partial charge in [-0.1, -0.05) is 42.0 Å². The summed E-state index contributed by atoms with van der Waals surface area (Å²) in [6.07, 6.45) is 2.95. The summed E-state index contributed by atoms with van der Waals surface area (Å²) in [5.41, 5.74) is 1.40. The summed E-state index contributed by atoms with van der Waals surface area (Å²) < 4.78 is 5.10. The molecule has 2 atom stereocenters. The van der Waals surface area contributed by atoms with Crippen molar-refractivity contribution in [2.75, 3.05) is 16.8 Å². The fourth-order valence-corrected chi connectivity index (χ4v) is 5.15. The Morgan fingerprint density at radius 1 is 0.952 bits per heavy atom. The number of allylic oxidation sites excluding steroid dienone is 2. The number of imide groups is 1. The lowest BCUT2D eigenvalue weighted by molar-refractivity contribution is -0.384. The molecule has 11 nitrogen and oxygen atoms in total. The van der Waals surface area contributed by atoms with Gasteiger partial charge in [-0.25, -0.2) is 9.69 Å². The first kappa shape index (κ1) is 28.1. The highest BCUT2D eigenvalue weighted by Gasteiger charge is 2.49. The fourth-order valence-electron chi connectivity index (χ4n) is 5.15. The predicted octanol–water partition coefficient (Wildman–Crippen LogP) is 4.73.